The molecule has 0 bridgehead atoms. The van der Waals surface area contributed by atoms with Crippen LogP contribution in [0.3, 0.4) is 0 Å². The van der Waals surface area contributed by atoms with Crippen molar-refractivity contribution < 1.29 is 19.5 Å². The van der Waals surface area contributed by atoms with E-state index in [1.165, 1.54) is 12.0 Å². The van der Waals surface area contributed by atoms with Crippen LogP contribution in [0.1, 0.15) is 22.3 Å². The molecule has 1 aliphatic heterocycles. The van der Waals surface area contributed by atoms with Gasteiger partial charge in [-0.25, -0.2) is 4.79 Å². The number of likely N-dealkylation sites (tertiary alicyclic amines) is 1. The lowest BCUT2D eigenvalue weighted by atomic mass is 9.99. The fourth-order valence-electron chi connectivity index (χ4n) is 3.19. The summed E-state index contributed by atoms with van der Waals surface area (Å²) in [7, 11) is 1.40. The summed E-state index contributed by atoms with van der Waals surface area (Å²) in [5, 5.41) is 13.2. The van der Waals surface area contributed by atoms with Crippen LogP contribution in [0.2, 0.25) is 0 Å². The zero-order valence-corrected chi connectivity index (χ0v) is 14.7. The molecule has 26 heavy (non-hydrogen) atoms. The quantitative estimate of drug-likeness (QED) is 0.858. The Morgan fingerprint density at radius 2 is 1.85 bits per heavy atom. The van der Waals surface area contributed by atoms with Gasteiger partial charge in [0.15, 0.2) is 0 Å². The van der Waals surface area contributed by atoms with Crippen LogP contribution in [-0.4, -0.2) is 47.3 Å². The van der Waals surface area contributed by atoms with Gasteiger partial charge in [0, 0.05) is 12.0 Å². The van der Waals surface area contributed by atoms with Gasteiger partial charge in [-0.15, -0.1) is 0 Å². The molecule has 3 rings (SSSR count). The molecule has 1 amide bonds. The molecular formula is C20H20N2O4. The van der Waals surface area contributed by atoms with Crippen LogP contribution in [0.5, 0.6) is 0 Å². The van der Waals surface area contributed by atoms with E-state index in [0.717, 1.165) is 16.7 Å². The molecule has 1 N–H and O–H groups in total. The molecule has 1 saturated heterocycles. The van der Waals surface area contributed by atoms with E-state index in [1.54, 1.807) is 12.1 Å². The Labute approximate surface area is 151 Å². The third-order valence-electron chi connectivity index (χ3n) is 4.51. The highest BCUT2D eigenvalue weighted by molar-refractivity contribution is 6.04. The van der Waals surface area contributed by atoms with Crippen molar-refractivity contribution in [1.82, 2.24) is 4.90 Å². The Kier molecular flexibility index (Phi) is 5.02. The van der Waals surface area contributed by atoms with Crippen molar-refractivity contribution in [3.8, 4) is 11.1 Å². The Morgan fingerprint density at radius 1 is 1.15 bits per heavy atom. The molecule has 0 radical (unpaired) electrons. The molecule has 134 valence electrons. The van der Waals surface area contributed by atoms with Crippen molar-refractivity contribution in [3.63, 3.8) is 0 Å². The average Bonchev–Trinajstić information content (AvgIpc) is 3.06. The van der Waals surface area contributed by atoms with Gasteiger partial charge in [0.1, 0.15) is 13.2 Å². The zero-order valence-electron chi connectivity index (χ0n) is 14.7. The van der Waals surface area contributed by atoms with E-state index in [4.69, 9.17) is 4.84 Å². The minimum Gasteiger partial charge on any atom is -0.480 e. The molecule has 1 heterocycles. The second kappa shape index (κ2) is 7.39. The molecule has 0 saturated carbocycles. The number of carbonyl (C=O) groups excluding carboxylic acids is 1. The lowest BCUT2D eigenvalue weighted by Crippen LogP contribution is -2.40. The van der Waals surface area contributed by atoms with E-state index in [2.05, 4.69) is 5.16 Å². The Hall–Kier alpha value is -3.15. The van der Waals surface area contributed by atoms with Gasteiger partial charge in [0.25, 0.3) is 5.91 Å². The first-order valence-electron chi connectivity index (χ1n) is 8.30. The van der Waals surface area contributed by atoms with Crippen LogP contribution in [-0.2, 0) is 9.63 Å². The number of rotatable bonds is 4. The van der Waals surface area contributed by atoms with Crippen molar-refractivity contribution in [1.29, 1.82) is 0 Å². The van der Waals surface area contributed by atoms with E-state index in [0.29, 0.717) is 11.3 Å². The molecule has 0 spiro atoms. The zero-order chi connectivity index (χ0) is 18.7. The monoisotopic (exact) mass is 352 g/mol. The molecule has 1 aliphatic rings. The number of carbonyl (C=O) groups is 2. The first-order chi connectivity index (χ1) is 12.5. The number of hydrogen-bond donors (Lipinski definition) is 1. The number of hydrogen-bond acceptors (Lipinski definition) is 4. The van der Waals surface area contributed by atoms with Crippen molar-refractivity contribution in [3.05, 3.63) is 59.7 Å². The molecule has 6 nitrogen and oxygen atoms in total. The maximum Gasteiger partial charge on any atom is 0.326 e. The summed E-state index contributed by atoms with van der Waals surface area (Å²) in [5.41, 5.74) is 4.26. The molecule has 0 aliphatic carbocycles. The van der Waals surface area contributed by atoms with Crippen molar-refractivity contribution >= 4 is 17.6 Å². The number of aliphatic carboxylic acids is 1. The number of nitrogens with zero attached hydrogens (tertiary/aromatic N) is 2. The first kappa shape index (κ1) is 17.7. The second-order valence-corrected chi connectivity index (χ2v) is 6.22. The number of benzene rings is 2. The predicted molar refractivity (Wildman–Crippen MR) is 98.1 cm³/mol. The summed E-state index contributed by atoms with van der Waals surface area (Å²) in [5.74, 6) is -1.37. The van der Waals surface area contributed by atoms with Crippen LogP contribution in [0.25, 0.3) is 11.1 Å². The lowest BCUT2D eigenvalue weighted by molar-refractivity contribution is -0.141. The Morgan fingerprint density at radius 3 is 2.46 bits per heavy atom. The highest BCUT2D eigenvalue weighted by atomic mass is 16.6. The standard InChI is InChI=1S/C20H20N2O4/c1-13-5-3-4-6-17(13)14-7-9-15(10-8-14)19(23)22-12-16(21-26-2)11-18(22)20(24)25/h3-10,18H,11-12H2,1-2H3,(H,24,25)/b21-16+/t18-/m0/s1. The van der Waals surface area contributed by atoms with Gasteiger partial charge in [0.2, 0.25) is 0 Å². The number of carboxylic acid groups (broad SMARTS) is 1. The first-order valence-corrected chi connectivity index (χ1v) is 8.30. The summed E-state index contributed by atoms with van der Waals surface area (Å²) in [4.78, 5) is 30.3. The topological polar surface area (TPSA) is 79.2 Å². The average molecular weight is 352 g/mol. The van der Waals surface area contributed by atoms with Gasteiger partial charge >= 0.3 is 5.97 Å². The van der Waals surface area contributed by atoms with Crippen molar-refractivity contribution in [2.24, 2.45) is 5.16 Å². The van der Waals surface area contributed by atoms with Crippen LogP contribution in [0, 0.1) is 6.92 Å². The molecule has 1 fully saturated rings. The highest BCUT2D eigenvalue weighted by Crippen LogP contribution is 2.25. The van der Waals surface area contributed by atoms with Gasteiger partial charge in [-0.05, 0) is 35.7 Å². The Bertz CT molecular complexity index is 858. The molecular weight excluding hydrogens is 332 g/mol. The van der Waals surface area contributed by atoms with Gasteiger partial charge in [0.05, 0.1) is 12.3 Å². The number of oxime groups is 1. The maximum atomic E-state index is 12.8. The highest BCUT2D eigenvalue weighted by Gasteiger charge is 2.38. The molecule has 2 aromatic rings. The molecule has 0 aromatic heterocycles. The minimum atomic E-state index is -1.05. The summed E-state index contributed by atoms with van der Waals surface area (Å²) >= 11 is 0. The maximum absolute atomic E-state index is 12.8. The third kappa shape index (κ3) is 3.44. The van der Waals surface area contributed by atoms with Crippen LogP contribution < -0.4 is 0 Å². The molecule has 6 heteroatoms. The number of carboxylic acids is 1. The van der Waals surface area contributed by atoms with Gasteiger partial charge in [-0.1, -0.05) is 41.6 Å². The van der Waals surface area contributed by atoms with E-state index in [1.807, 2.05) is 43.3 Å². The lowest BCUT2D eigenvalue weighted by Gasteiger charge is -2.20. The van der Waals surface area contributed by atoms with Gasteiger partial charge in [-0.2, -0.15) is 0 Å². The Balaban J connectivity index is 1.85. The summed E-state index contributed by atoms with van der Waals surface area (Å²) in [6.45, 7) is 2.19. The van der Waals surface area contributed by atoms with Gasteiger partial charge in [-0.3, -0.25) is 4.79 Å². The molecule has 2 aromatic carbocycles. The summed E-state index contributed by atoms with van der Waals surface area (Å²) in [6.07, 6.45) is 0.177. The minimum absolute atomic E-state index is 0.156. The smallest absolute Gasteiger partial charge is 0.326 e. The van der Waals surface area contributed by atoms with Crippen molar-refractivity contribution in [2.75, 3.05) is 13.7 Å². The summed E-state index contributed by atoms with van der Waals surface area (Å²) in [6, 6.07) is 14.3. The number of aryl methyl sites for hydroxylation is 1. The normalized spacial score (nSPS) is 18.2. The van der Waals surface area contributed by atoms with Crippen LogP contribution in [0.4, 0.5) is 0 Å². The fraction of sp³-hybridized carbons (Fsp3) is 0.250. The fourth-order valence-corrected chi connectivity index (χ4v) is 3.19. The van der Waals surface area contributed by atoms with E-state index >= 15 is 0 Å². The predicted octanol–water partition coefficient (Wildman–Crippen LogP) is 2.96. The number of amides is 1. The van der Waals surface area contributed by atoms with E-state index < -0.39 is 12.0 Å². The van der Waals surface area contributed by atoms with Crippen LogP contribution in [0.15, 0.2) is 53.7 Å². The molecule has 0 unspecified atom stereocenters. The van der Waals surface area contributed by atoms with E-state index in [-0.39, 0.29) is 18.9 Å². The van der Waals surface area contributed by atoms with Crippen LogP contribution >= 0.6 is 0 Å². The SMILES string of the molecule is CO/N=C1\C[C@@H](C(=O)O)N(C(=O)c2ccc(-c3ccccc3C)cc2)C1. The molecule has 1 atom stereocenters. The van der Waals surface area contributed by atoms with Gasteiger partial charge < -0.3 is 14.8 Å². The van der Waals surface area contributed by atoms with Crippen molar-refractivity contribution in [2.45, 2.75) is 19.4 Å². The summed E-state index contributed by atoms with van der Waals surface area (Å²) < 4.78 is 0. The largest absolute Gasteiger partial charge is 0.480 e. The van der Waals surface area contributed by atoms with E-state index in [9.17, 15) is 14.7 Å². The second-order valence-electron chi connectivity index (χ2n) is 6.22. The third-order valence-corrected chi connectivity index (χ3v) is 4.51.